The first kappa shape index (κ1) is 16.1. The first-order chi connectivity index (χ1) is 12.2. The fourth-order valence-electron chi connectivity index (χ4n) is 4.21. The zero-order valence-electron chi connectivity index (χ0n) is 14.3. The van der Waals surface area contributed by atoms with Gasteiger partial charge in [-0.2, -0.15) is 10.2 Å². The number of nitrogens with zero attached hydrogens (tertiary/aromatic N) is 5. The summed E-state index contributed by atoms with van der Waals surface area (Å²) in [6, 6.07) is 7.83. The van der Waals surface area contributed by atoms with E-state index in [0.29, 0.717) is 5.56 Å². The number of amides is 1. The number of carbonyl (C=O) groups excluding carboxylic acids is 1. The summed E-state index contributed by atoms with van der Waals surface area (Å²) >= 11 is 0. The van der Waals surface area contributed by atoms with Crippen LogP contribution in [-0.4, -0.2) is 57.1 Å². The summed E-state index contributed by atoms with van der Waals surface area (Å²) in [6.45, 7) is 4.72. The third-order valence-electron chi connectivity index (χ3n) is 5.41. The van der Waals surface area contributed by atoms with Crippen molar-refractivity contribution in [2.75, 3.05) is 26.2 Å². The summed E-state index contributed by atoms with van der Waals surface area (Å²) in [5.41, 5.74) is 1.98. The van der Waals surface area contributed by atoms with E-state index in [-0.39, 0.29) is 11.3 Å². The maximum atomic E-state index is 12.7. The third kappa shape index (κ3) is 3.54. The van der Waals surface area contributed by atoms with E-state index in [2.05, 4.69) is 26.1 Å². The lowest BCUT2D eigenvalue weighted by Gasteiger charge is -2.40. The second-order valence-corrected chi connectivity index (χ2v) is 7.24. The highest BCUT2D eigenvalue weighted by Gasteiger charge is 2.42. The second kappa shape index (κ2) is 6.88. The minimum atomic E-state index is 0.0774. The largest absolute Gasteiger partial charge is 0.338 e. The number of carbonyl (C=O) groups is 1. The number of rotatable bonds is 3. The summed E-state index contributed by atoms with van der Waals surface area (Å²) in [6.07, 6.45) is 8.45. The van der Waals surface area contributed by atoms with Crippen molar-refractivity contribution in [2.24, 2.45) is 5.41 Å². The fourth-order valence-corrected chi connectivity index (χ4v) is 4.21. The van der Waals surface area contributed by atoms with Crippen molar-refractivity contribution < 1.29 is 4.79 Å². The van der Waals surface area contributed by atoms with E-state index in [0.717, 1.165) is 44.8 Å². The van der Waals surface area contributed by atoms with Crippen LogP contribution in [0, 0.1) is 5.41 Å². The second-order valence-electron chi connectivity index (χ2n) is 7.24. The Balaban J connectivity index is 1.41. The van der Waals surface area contributed by atoms with Gasteiger partial charge in [-0.1, -0.05) is 6.07 Å². The first-order valence-corrected chi connectivity index (χ1v) is 8.92. The summed E-state index contributed by atoms with van der Waals surface area (Å²) in [7, 11) is 0. The monoisotopic (exact) mass is 337 g/mol. The van der Waals surface area contributed by atoms with E-state index in [1.807, 2.05) is 23.2 Å². The van der Waals surface area contributed by atoms with Crippen molar-refractivity contribution in [1.29, 1.82) is 0 Å². The molecular weight excluding hydrogens is 314 g/mol. The quantitative estimate of drug-likeness (QED) is 0.857. The molecule has 2 saturated heterocycles. The van der Waals surface area contributed by atoms with Gasteiger partial charge in [-0.3, -0.25) is 14.7 Å². The summed E-state index contributed by atoms with van der Waals surface area (Å²) in [4.78, 5) is 21.6. The van der Waals surface area contributed by atoms with E-state index in [4.69, 9.17) is 0 Å². The van der Waals surface area contributed by atoms with Gasteiger partial charge in [0.05, 0.1) is 23.7 Å². The van der Waals surface area contributed by atoms with Gasteiger partial charge in [0, 0.05) is 37.8 Å². The highest BCUT2D eigenvalue weighted by molar-refractivity contribution is 5.94. The van der Waals surface area contributed by atoms with Gasteiger partial charge >= 0.3 is 0 Å². The molecule has 2 aliphatic rings. The van der Waals surface area contributed by atoms with Crippen molar-refractivity contribution >= 4 is 5.91 Å². The van der Waals surface area contributed by atoms with Crippen LogP contribution in [0.25, 0.3) is 0 Å². The molecule has 1 unspecified atom stereocenters. The molecule has 6 heteroatoms. The topological polar surface area (TPSA) is 62.2 Å². The average Bonchev–Trinajstić information content (AvgIpc) is 3.06. The molecule has 0 radical (unpaired) electrons. The molecule has 2 fully saturated rings. The molecule has 0 aliphatic carbocycles. The van der Waals surface area contributed by atoms with Gasteiger partial charge in [-0.05, 0) is 44.0 Å². The Labute approximate surface area is 147 Å². The standard InChI is InChI=1S/C19H23N5O/c25-18(16-5-9-21-22-12-16)24-11-7-19(15-24)6-3-10-23(14-19)13-17-4-1-2-8-20-17/h1-2,4-5,8-9,12H,3,6-7,10-11,13-15H2. The average molecular weight is 337 g/mol. The predicted molar refractivity (Wildman–Crippen MR) is 93.7 cm³/mol. The lowest BCUT2D eigenvalue weighted by molar-refractivity contribution is 0.0672. The summed E-state index contributed by atoms with van der Waals surface area (Å²) in [5.74, 6) is 0.0774. The molecule has 0 bridgehead atoms. The smallest absolute Gasteiger partial charge is 0.255 e. The van der Waals surface area contributed by atoms with Crippen LogP contribution < -0.4 is 0 Å². The van der Waals surface area contributed by atoms with Gasteiger partial charge in [-0.15, -0.1) is 0 Å². The Hall–Kier alpha value is -2.34. The predicted octanol–water partition coefficient (Wildman–Crippen LogP) is 2.00. The number of piperidine rings is 1. The van der Waals surface area contributed by atoms with Gasteiger partial charge in [0.1, 0.15) is 0 Å². The minimum absolute atomic E-state index is 0.0774. The van der Waals surface area contributed by atoms with Crippen LogP contribution in [0.15, 0.2) is 42.9 Å². The van der Waals surface area contributed by atoms with Crippen molar-refractivity contribution in [3.05, 3.63) is 54.1 Å². The van der Waals surface area contributed by atoms with E-state index in [9.17, 15) is 4.79 Å². The van der Waals surface area contributed by atoms with E-state index in [1.54, 1.807) is 18.5 Å². The molecule has 25 heavy (non-hydrogen) atoms. The van der Waals surface area contributed by atoms with Crippen LogP contribution in [0.1, 0.15) is 35.3 Å². The molecule has 2 aromatic heterocycles. The molecule has 0 saturated carbocycles. The molecule has 6 nitrogen and oxygen atoms in total. The fraction of sp³-hybridized carbons (Fsp3) is 0.474. The molecule has 130 valence electrons. The number of likely N-dealkylation sites (tertiary alicyclic amines) is 2. The van der Waals surface area contributed by atoms with Gasteiger partial charge in [0.2, 0.25) is 0 Å². The Bertz CT molecular complexity index is 723. The van der Waals surface area contributed by atoms with Gasteiger partial charge in [0.25, 0.3) is 5.91 Å². The van der Waals surface area contributed by atoms with Gasteiger partial charge in [0.15, 0.2) is 0 Å². The minimum Gasteiger partial charge on any atom is -0.338 e. The van der Waals surface area contributed by atoms with E-state index < -0.39 is 0 Å². The number of pyridine rings is 1. The Kier molecular flexibility index (Phi) is 4.44. The Morgan fingerprint density at radius 2 is 2.04 bits per heavy atom. The SMILES string of the molecule is O=C(c1ccnnc1)N1CCC2(CCCN(Cc3ccccn3)C2)C1. The van der Waals surface area contributed by atoms with Crippen molar-refractivity contribution in [3.63, 3.8) is 0 Å². The molecule has 4 heterocycles. The molecule has 4 rings (SSSR count). The molecule has 1 atom stereocenters. The maximum Gasteiger partial charge on any atom is 0.255 e. The molecule has 2 aromatic rings. The van der Waals surface area contributed by atoms with Crippen molar-refractivity contribution in [1.82, 2.24) is 25.0 Å². The molecule has 2 aliphatic heterocycles. The highest BCUT2D eigenvalue weighted by atomic mass is 16.2. The molecule has 1 spiro atoms. The van der Waals surface area contributed by atoms with Crippen LogP contribution in [0.5, 0.6) is 0 Å². The van der Waals surface area contributed by atoms with Crippen LogP contribution >= 0.6 is 0 Å². The zero-order chi connectivity index (χ0) is 17.1. The van der Waals surface area contributed by atoms with E-state index >= 15 is 0 Å². The van der Waals surface area contributed by atoms with Crippen LogP contribution in [-0.2, 0) is 6.54 Å². The number of hydrogen-bond donors (Lipinski definition) is 0. The Morgan fingerprint density at radius 1 is 1.08 bits per heavy atom. The van der Waals surface area contributed by atoms with Gasteiger partial charge < -0.3 is 4.90 Å². The molecular formula is C19H23N5O. The van der Waals surface area contributed by atoms with Crippen molar-refractivity contribution in [2.45, 2.75) is 25.8 Å². The number of hydrogen-bond acceptors (Lipinski definition) is 5. The zero-order valence-corrected chi connectivity index (χ0v) is 14.3. The van der Waals surface area contributed by atoms with Gasteiger partial charge in [-0.25, -0.2) is 0 Å². The molecule has 1 amide bonds. The van der Waals surface area contributed by atoms with Crippen LogP contribution in [0.2, 0.25) is 0 Å². The third-order valence-corrected chi connectivity index (χ3v) is 5.41. The van der Waals surface area contributed by atoms with Crippen molar-refractivity contribution in [3.8, 4) is 0 Å². The Morgan fingerprint density at radius 3 is 2.84 bits per heavy atom. The van der Waals surface area contributed by atoms with Crippen LogP contribution in [0.4, 0.5) is 0 Å². The van der Waals surface area contributed by atoms with Crippen LogP contribution in [0.3, 0.4) is 0 Å². The lowest BCUT2D eigenvalue weighted by Crippen LogP contribution is -2.45. The summed E-state index contributed by atoms with van der Waals surface area (Å²) in [5, 5.41) is 7.58. The normalized spacial score (nSPS) is 23.9. The van der Waals surface area contributed by atoms with E-state index in [1.165, 1.54) is 12.8 Å². The maximum absolute atomic E-state index is 12.7. The lowest BCUT2D eigenvalue weighted by atomic mass is 9.79. The first-order valence-electron chi connectivity index (χ1n) is 8.92. The molecule has 0 aromatic carbocycles. The number of aromatic nitrogens is 3. The summed E-state index contributed by atoms with van der Waals surface area (Å²) < 4.78 is 0. The highest BCUT2D eigenvalue weighted by Crippen LogP contribution is 2.39. The molecule has 0 N–H and O–H groups in total.